The van der Waals surface area contributed by atoms with Crippen LogP contribution in [0.1, 0.15) is 17.5 Å². The molecule has 1 rings (SSSR count). The SMILES string of the molecule is CNCCC=Cc1cc(Cl)ccc1C(F)(F)F. The maximum Gasteiger partial charge on any atom is 0.416 e. The standard InChI is InChI=1S/C12H13ClF3N/c1-17-7-3-2-4-9-8-10(13)5-6-11(9)12(14,15)16/h2,4-6,8,17H,3,7H2,1H3. The molecule has 1 N–H and O–H groups in total. The number of benzene rings is 1. The first-order valence-electron chi connectivity index (χ1n) is 5.13. The van der Waals surface area contributed by atoms with Crippen LogP contribution in [0.15, 0.2) is 24.3 Å². The Balaban J connectivity index is 2.96. The lowest BCUT2D eigenvalue weighted by Crippen LogP contribution is -2.07. The van der Waals surface area contributed by atoms with Gasteiger partial charge < -0.3 is 5.32 Å². The van der Waals surface area contributed by atoms with Gasteiger partial charge in [-0.25, -0.2) is 0 Å². The Kier molecular flexibility index (Phi) is 5.02. The van der Waals surface area contributed by atoms with Gasteiger partial charge >= 0.3 is 6.18 Å². The van der Waals surface area contributed by atoms with Crippen LogP contribution in [0.25, 0.3) is 6.08 Å². The average Bonchev–Trinajstić information content (AvgIpc) is 2.23. The fraction of sp³-hybridized carbons (Fsp3) is 0.333. The van der Waals surface area contributed by atoms with Gasteiger partial charge in [-0.15, -0.1) is 0 Å². The van der Waals surface area contributed by atoms with Crippen LogP contribution < -0.4 is 5.32 Å². The lowest BCUT2D eigenvalue weighted by atomic mass is 10.1. The molecule has 1 nitrogen and oxygen atoms in total. The first kappa shape index (κ1) is 14.1. The molecular weight excluding hydrogens is 251 g/mol. The summed E-state index contributed by atoms with van der Waals surface area (Å²) in [5, 5.41) is 3.21. The normalized spacial score (nSPS) is 12.3. The highest BCUT2D eigenvalue weighted by atomic mass is 35.5. The zero-order chi connectivity index (χ0) is 12.9. The van der Waals surface area contributed by atoms with E-state index in [-0.39, 0.29) is 5.56 Å². The number of hydrogen-bond donors (Lipinski definition) is 1. The highest BCUT2D eigenvalue weighted by Gasteiger charge is 2.32. The van der Waals surface area contributed by atoms with E-state index in [1.54, 1.807) is 13.1 Å². The zero-order valence-corrected chi connectivity index (χ0v) is 10.1. The Morgan fingerprint density at radius 3 is 2.65 bits per heavy atom. The maximum atomic E-state index is 12.7. The maximum absolute atomic E-state index is 12.7. The minimum atomic E-state index is -4.35. The van der Waals surface area contributed by atoms with E-state index in [0.717, 1.165) is 12.6 Å². The molecule has 5 heteroatoms. The van der Waals surface area contributed by atoms with Crippen molar-refractivity contribution in [1.82, 2.24) is 5.32 Å². The van der Waals surface area contributed by atoms with E-state index in [1.165, 1.54) is 18.2 Å². The first-order chi connectivity index (χ1) is 7.95. The molecule has 0 amide bonds. The molecule has 94 valence electrons. The second-order valence-corrected chi connectivity index (χ2v) is 3.96. The highest BCUT2D eigenvalue weighted by molar-refractivity contribution is 6.30. The second-order valence-electron chi connectivity index (χ2n) is 3.52. The van der Waals surface area contributed by atoms with Gasteiger partial charge in [0.15, 0.2) is 0 Å². The predicted molar refractivity (Wildman–Crippen MR) is 64.0 cm³/mol. The summed E-state index contributed by atoms with van der Waals surface area (Å²) in [4.78, 5) is 0. The van der Waals surface area contributed by atoms with Crippen LogP contribution in [0.5, 0.6) is 0 Å². The Bertz CT molecular complexity index is 399. The van der Waals surface area contributed by atoms with Crippen molar-refractivity contribution in [2.24, 2.45) is 0 Å². The van der Waals surface area contributed by atoms with Crippen molar-refractivity contribution in [2.75, 3.05) is 13.6 Å². The third kappa shape index (κ3) is 4.40. The van der Waals surface area contributed by atoms with Crippen molar-refractivity contribution in [3.8, 4) is 0 Å². The Morgan fingerprint density at radius 2 is 2.06 bits per heavy atom. The molecule has 0 aromatic heterocycles. The molecule has 0 spiro atoms. The van der Waals surface area contributed by atoms with E-state index in [4.69, 9.17) is 11.6 Å². The number of nitrogens with one attached hydrogen (secondary N) is 1. The van der Waals surface area contributed by atoms with Crippen molar-refractivity contribution in [3.05, 3.63) is 40.4 Å². The van der Waals surface area contributed by atoms with Gasteiger partial charge in [0.1, 0.15) is 0 Å². The van der Waals surface area contributed by atoms with Gasteiger partial charge in [-0.3, -0.25) is 0 Å². The molecule has 0 heterocycles. The van der Waals surface area contributed by atoms with Crippen LogP contribution in [0, 0.1) is 0 Å². The molecule has 0 unspecified atom stereocenters. The molecule has 0 aliphatic rings. The fourth-order valence-corrected chi connectivity index (χ4v) is 1.55. The summed E-state index contributed by atoms with van der Waals surface area (Å²) < 4.78 is 38.0. The minimum Gasteiger partial charge on any atom is -0.319 e. The van der Waals surface area contributed by atoms with Gasteiger partial charge in [0.05, 0.1) is 5.56 Å². The van der Waals surface area contributed by atoms with Crippen LogP contribution in [-0.2, 0) is 6.18 Å². The number of rotatable bonds is 4. The number of hydrogen-bond acceptors (Lipinski definition) is 1. The van der Waals surface area contributed by atoms with E-state index in [1.807, 2.05) is 0 Å². The highest BCUT2D eigenvalue weighted by Crippen LogP contribution is 2.33. The third-order valence-corrected chi connectivity index (χ3v) is 2.41. The van der Waals surface area contributed by atoms with Gasteiger partial charge in [-0.1, -0.05) is 23.8 Å². The van der Waals surface area contributed by atoms with E-state index in [2.05, 4.69) is 5.32 Å². The molecule has 1 aromatic carbocycles. The van der Waals surface area contributed by atoms with E-state index < -0.39 is 11.7 Å². The molecule has 0 aliphatic carbocycles. The molecular formula is C12H13ClF3N. The molecule has 17 heavy (non-hydrogen) atoms. The topological polar surface area (TPSA) is 12.0 Å². The molecule has 0 fully saturated rings. The number of halogens is 4. The predicted octanol–water partition coefficient (Wildman–Crippen LogP) is 3.98. The van der Waals surface area contributed by atoms with Crippen molar-refractivity contribution >= 4 is 17.7 Å². The van der Waals surface area contributed by atoms with Crippen LogP contribution in [-0.4, -0.2) is 13.6 Å². The van der Waals surface area contributed by atoms with Crippen molar-refractivity contribution in [2.45, 2.75) is 12.6 Å². The van der Waals surface area contributed by atoms with Gasteiger partial charge in [-0.05, 0) is 43.8 Å². The smallest absolute Gasteiger partial charge is 0.319 e. The third-order valence-electron chi connectivity index (χ3n) is 2.18. The lowest BCUT2D eigenvalue weighted by Gasteiger charge is -2.10. The van der Waals surface area contributed by atoms with Crippen molar-refractivity contribution in [1.29, 1.82) is 0 Å². The Morgan fingerprint density at radius 1 is 1.35 bits per heavy atom. The van der Waals surface area contributed by atoms with Crippen LogP contribution in [0.3, 0.4) is 0 Å². The van der Waals surface area contributed by atoms with Crippen LogP contribution in [0.2, 0.25) is 5.02 Å². The van der Waals surface area contributed by atoms with Crippen LogP contribution >= 0.6 is 11.6 Å². The fourth-order valence-electron chi connectivity index (χ4n) is 1.37. The minimum absolute atomic E-state index is 0.0982. The first-order valence-corrected chi connectivity index (χ1v) is 5.51. The summed E-state index contributed by atoms with van der Waals surface area (Å²) in [5.74, 6) is 0. The Labute approximate surface area is 103 Å². The lowest BCUT2D eigenvalue weighted by molar-refractivity contribution is -0.137. The average molecular weight is 264 g/mol. The summed E-state index contributed by atoms with van der Waals surface area (Å²) >= 11 is 5.69. The molecule has 1 aromatic rings. The Hall–Kier alpha value is -1.00. The van der Waals surface area contributed by atoms with Crippen LogP contribution in [0.4, 0.5) is 13.2 Å². The van der Waals surface area contributed by atoms with Gasteiger partial charge in [0, 0.05) is 5.02 Å². The number of alkyl halides is 3. The quantitative estimate of drug-likeness (QED) is 0.810. The summed E-state index contributed by atoms with van der Waals surface area (Å²) in [6, 6.07) is 3.57. The molecule has 0 radical (unpaired) electrons. The summed E-state index contributed by atoms with van der Waals surface area (Å²) in [5.41, 5.74) is -0.566. The van der Waals surface area contributed by atoms with Crippen molar-refractivity contribution in [3.63, 3.8) is 0 Å². The van der Waals surface area contributed by atoms with E-state index in [0.29, 0.717) is 11.4 Å². The molecule has 0 saturated heterocycles. The van der Waals surface area contributed by atoms with Gasteiger partial charge in [-0.2, -0.15) is 13.2 Å². The zero-order valence-electron chi connectivity index (χ0n) is 9.31. The summed E-state index contributed by atoms with van der Waals surface area (Å²) in [6.45, 7) is 0.721. The summed E-state index contributed by atoms with van der Waals surface area (Å²) in [6.07, 6.45) is -0.545. The van der Waals surface area contributed by atoms with Crippen molar-refractivity contribution < 1.29 is 13.2 Å². The van der Waals surface area contributed by atoms with Gasteiger partial charge in [0.2, 0.25) is 0 Å². The van der Waals surface area contributed by atoms with E-state index >= 15 is 0 Å². The molecule has 0 atom stereocenters. The monoisotopic (exact) mass is 263 g/mol. The molecule has 0 saturated carbocycles. The second kappa shape index (κ2) is 6.07. The summed E-state index contributed by atoms with van der Waals surface area (Å²) in [7, 11) is 1.79. The van der Waals surface area contributed by atoms with Gasteiger partial charge in [0.25, 0.3) is 0 Å². The van der Waals surface area contributed by atoms with E-state index in [9.17, 15) is 13.2 Å². The molecule has 0 bridgehead atoms. The largest absolute Gasteiger partial charge is 0.416 e. The molecule has 0 aliphatic heterocycles.